The third kappa shape index (κ3) is 25.2. The van der Waals surface area contributed by atoms with E-state index in [9.17, 15) is 27.6 Å². The first-order chi connectivity index (χ1) is 31.0. The van der Waals surface area contributed by atoms with E-state index in [0.717, 1.165) is 31.2 Å². The van der Waals surface area contributed by atoms with E-state index < -0.39 is 34.5 Å². The smallest absolute Gasteiger partial charge is 0.329 e. The minimum atomic E-state index is -4.01. The van der Waals surface area contributed by atoms with E-state index in [1.165, 1.54) is 81.5 Å². The second-order valence-electron chi connectivity index (χ2n) is 14.9. The van der Waals surface area contributed by atoms with Crippen molar-refractivity contribution in [2.24, 2.45) is 0 Å². The number of aromatic nitrogens is 2. The fraction of sp³-hybridized carbons (Fsp3) is 0.556. The van der Waals surface area contributed by atoms with E-state index in [1.807, 2.05) is 0 Å². The maximum atomic E-state index is 13.0. The van der Waals surface area contributed by atoms with Crippen LogP contribution >= 0.6 is 0 Å². The van der Waals surface area contributed by atoms with Crippen LogP contribution in [0, 0.1) is 0 Å². The van der Waals surface area contributed by atoms with Gasteiger partial charge in [-0.3, -0.25) is 14.4 Å². The molecule has 0 aliphatic rings. The largest absolute Gasteiger partial charge is 0.493 e. The molecule has 1 aromatic heterocycles. The number of aryl methyl sites for hydroxylation is 1. The number of unbranched alkanes of at least 4 members (excludes halogenated alkanes) is 10. The lowest BCUT2D eigenvalue weighted by molar-refractivity contribution is -0.143. The number of hydrogen-bond acceptors (Lipinski definition) is 13. The summed E-state index contributed by atoms with van der Waals surface area (Å²) in [5, 5.41) is 22.4. The molecule has 0 saturated carbocycles. The summed E-state index contributed by atoms with van der Waals surface area (Å²) < 4.78 is 54.8. The Morgan fingerprint density at radius 1 is 0.547 bits per heavy atom. The highest BCUT2D eigenvalue weighted by Crippen LogP contribution is 2.19. The third-order valence-corrected chi connectivity index (χ3v) is 11.0. The average Bonchev–Trinajstić information content (AvgIpc) is 3.27. The summed E-state index contributed by atoms with van der Waals surface area (Å²) in [4.78, 5) is 53.1. The maximum Gasteiger partial charge on any atom is 0.329 e. The zero-order valence-corrected chi connectivity index (χ0v) is 37.5. The maximum absolute atomic E-state index is 13.0. The fourth-order valence-corrected chi connectivity index (χ4v) is 7.12. The molecule has 0 radical (unpaired) electrons. The van der Waals surface area contributed by atoms with Crippen LogP contribution in [0.5, 0.6) is 5.75 Å². The van der Waals surface area contributed by atoms with Crippen LogP contribution in [0.1, 0.15) is 98.5 Å². The number of rotatable bonds is 38. The molecule has 0 spiro atoms. The van der Waals surface area contributed by atoms with Crippen molar-refractivity contribution in [2.45, 2.75) is 94.8 Å². The van der Waals surface area contributed by atoms with Gasteiger partial charge in [0.1, 0.15) is 19.0 Å². The van der Waals surface area contributed by atoms with Gasteiger partial charge in [-0.2, -0.15) is 0 Å². The van der Waals surface area contributed by atoms with Gasteiger partial charge in [0.25, 0.3) is 15.9 Å². The van der Waals surface area contributed by atoms with Gasteiger partial charge in [-0.15, -0.1) is 0 Å². The second-order valence-corrected chi connectivity index (χ2v) is 16.6. The fourth-order valence-electron chi connectivity index (χ4n) is 6.16. The molecule has 0 saturated heterocycles. The summed E-state index contributed by atoms with van der Waals surface area (Å²) >= 11 is 0. The number of amides is 2. The van der Waals surface area contributed by atoms with Crippen LogP contribution in [0.4, 0.5) is 5.95 Å². The predicted molar refractivity (Wildman–Crippen MR) is 238 cm³/mol. The van der Waals surface area contributed by atoms with Crippen molar-refractivity contribution in [1.29, 1.82) is 0 Å². The first kappa shape index (κ1) is 53.1. The standard InChI is InChI=1S/C45H65N5O13S/c51-41(46-23-26-59-29-31-62-35-43(54)55)34-61-30-28-60-27-24-47-44(56)38-32-48-45(49-33-38)50-64(57,58)40-20-18-39(19-21-40)63-25-22-37-16-14-36(15-17-37)12-10-8-6-4-2-1-3-5-7-9-11-13-42(52)53/h14-21,32-33H,1-13,22-31,34-35H2,(H,46,51)(H,47,56)(H,52,53)(H,54,55)(H,48,49,50). The van der Waals surface area contributed by atoms with Gasteiger partial charge >= 0.3 is 11.9 Å². The Bertz CT molecular complexity index is 1880. The zero-order chi connectivity index (χ0) is 46.1. The van der Waals surface area contributed by atoms with Crippen LogP contribution in [-0.2, 0) is 56.2 Å². The van der Waals surface area contributed by atoms with Crippen molar-refractivity contribution in [3.8, 4) is 5.75 Å². The van der Waals surface area contributed by atoms with Gasteiger partial charge in [0.2, 0.25) is 11.9 Å². The van der Waals surface area contributed by atoms with Crippen LogP contribution in [-0.4, -0.2) is 125 Å². The first-order valence-corrected chi connectivity index (χ1v) is 23.4. The summed E-state index contributed by atoms with van der Waals surface area (Å²) in [5.41, 5.74) is 2.61. The number of carbonyl (C=O) groups excluding carboxylic acids is 2. The second kappa shape index (κ2) is 32.4. The summed E-state index contributed by atoms with van der Waals surface area (Å²) in [6.07, 6.45) is 17.3. The van der Waals surface area contributed by atoms with E-state index in [1.54, 1.807) is 12.1 Å². The summed E-state index contributed by atoms with van der Waals surface area (Å²) in [7, 11) is -4.01. The lowest BCUT2D eigenvalue weighted by atomic mass is 10.0. The van der Waals surface area contributed by atoms with Crippen molar-refractivity contribution in [2.75, 3.05) is 77.3 Å². The molecule has 64 heavy (non-hydrogen) atoms. The predicted octanol–water partition coefficient (Wildman–Crippen LogP) is 5.20. The van der Waals surface area contributed by atoms with Gasteiger partial charge < -0.3 is 44.5 Å². The Labute approximate surface area is 376 Å². The molecule has 19 heteroatoms. The van der Waals surface area contributed by atoms with E-state index >= 15 is 0 Å². The van der Waals surface area contributed by atoms with Gasteiger partial charge in [-0.1, -0.05) is 82.1 Å². The topological polar surface area (TPSA) is 251 Å². The Morgan fingerprint density at radius 2 is 1.06 bits per heavy atom. The molecule has 2 aromatic carbocycles. The van der Waals surface area contributed by atoms with E-state index in [2.05, 4.69) is 49.6 Å². The van der Waals surface area contributed by atoms with Crippen LogP contribution < -0.4 is 20.1 Å². The molecule has 3 aromatic rings. The molecule has 5 N–H and O–H groups in total. The monoisotopic (exact) mass is 915 g/mol. The first-order valence-electron chi connectivity index (χ1n) is 22.0. The minimum absolute atomic E-state index is 0.00566. The molecular weight excluding hydrogens is 851 g/mol. The third-order valence-electron chi connectivity index (χ3n) is 9.62. The number of benzene rings is 2. The lowest BCUT2D eigenvalue weighted by Crippen LogP contribution is -2.31. The number of anilines is 1. The normalized spacial score (nSPS) is 11.2. The summed E-state index contributed by atoms with van der Waals surface area (Å²) in [6, 6.07) is 14.6. The van der Waals surface area contributed by atoms with E-state index in [-0.39, 0.29) is 88.1 Å². The Hall–Kier alpha value is -5.21. The quantitative estimate of drug-likeness (QED) is 0.0463. The number of carboxylic acids is 2. The molecule has 354 valence electrons. The number of hydrogen-bond donors (Lipinski definition) is 5. The Morgan fingerprint density at radius 3 is 1.64 bits per heavy atom. The molecule has 0 atom stereocenters. The summed E-state index contributed by atoms with van der Waals surface area (Å²) in [5.74, 6) is -2.23. The highest BCUT2D eigenvalue weighted by atomic mass is 32.2. The SMILES string of the molecule is O=C(O)CCCCCCCCCCCCCc1ccc(CCOc2ccc(S(=O)(=O)Nc3ncc(C(=O)NCCOCCOCC(=O)NCCOCCOCC(=O)O)cn3)cc2)cc1. The Balaban J connectivity index is 1.20. The molecule has 0 fully saturated rings. The van der Waals surface area contributed by atoms with Crippen molar-refractivity contribution in [3.63, 3.8) is 0 Å². The minimum Gasteiger partial charge on any atom is -0.493 e. The molecule has 3 rings (SSSR count). The van der Waals surface area contributed by atoms with Crippen molar-refractivity contribution < 1.29 is 61.5 Å². The zero-order valence-electron chi connectivity index (χ0n) is 36.6. The van der Waals surface area contributed by atoms with Crippen LogP contribution in [0.25, 0.3) is 0 Å². The van der Waals surface area contributed by atoms with E-state index in [0.29, 0.717) is 18.8 Å². The van der Waals surface area contributed by atoms with Crippen LogP contribution in [0.3, 0.4) is 0 Å². The number of nitrogens with one attached hydrogen (secondary N) is 3. The Kier molecular flexibility index (Phi) is 26.9. The van der Waals surface area contributed by atoms with E-state index in [4.69, 9.17) is 33.9 Å². The van der Waals surface area contributed by atoms with Gasteiger partial charge in [0.05, 0.1) is 56.7 Å². The number of carbonyl (C=O) groups is 4. The molecule has 0 aliphatic heterocycles. The average molecular weight is 916 g/mol. The highest BCUT2D eigenvalue weighted by molar-refractivity contribution is 7.92. The number of carboxylic acid groups (broad SMARTS) is 2. The molecule has 0 aliphatic carbocycles. The van der Waals surface area contributed by atoms with Crippen LogP contribution in [0.15, 0.2) is 65.8 Å². The lowest BCUT2D eigenvalue weighted by Gasteiger charge is -2.10. The van der Waals surface area contributed by atoms with Gasteiger partial charge in [0, 0.05) is 38.3 Å². The number of sulfonamides is 1. The molecule has 18 nitrogen and oxygen atoms in total. The summed E-state index contributed by atoms with van der Waals surface area (Å²) in [6.45, 7) is 1.43. The molecule has 2 amide bonds. The van der Waals surface area contributed by atoms with Gasteiger partial charge in [0.15, 0.2) is 0 Å². The van der Waals surface area contributed by atoms with Crippen molar-refractivity contribution in [3.05, 3.63) is 77.6 Å². The van der Waals surface area contributed by atoms with Crippen molar-refractivity contribution in [1.82, 2.24) is 20.6 Å². The van der Waals surface area contributed by atoms with Gasteiger partial charge in [-0.05, 0) is 54.7 Å². The number of aliphatic carboxylic acids is 2. The van der Waals surface area contributed by atoms with Crippen LogP contribution in [0.2, 0.25) is 0 Å². The number of ether oxygens (including phenoxy) is 5. The van der Waals surface area contributed by atoms with Crippen molar-refractivity contribution >= 4 is 39.7 Å². The molecular formula is C45H65N5O13S. The molecule has 0 bridgehead atoms. The molecule has 1 heterocycles. The number of nitrogens with zero attached hydrogens (tertiary/aromatic N) is 2. The molecule has 0 unspecified atom stereocenters. The van der Waals surface area contributed by atoms with Gasteiger partial charge in [-0.25, -0.2) is 27.9 Å². The highest BCUT2D eigenvalue weighted by Gasteiger charge is 2.17.